The second-order valence-corrected chi connectivity index (χ2v) is 5.26. The smallest absolute Gasteiger partial charge is 0.335 e. The number of nitrogens with zero attached hydrogens (tertiary/aromatic N) is 1. The van der Waals surface area contributed by atoms with Crippen molar-refractivity contribution < 1.29 is 14.7 Å². The molecule has 1 unspecified atom stereocenters. The number of hydrogen-bond acceptors (Lipinski definition) is 2. The van der Waals surface area contributed by atoms with Crippen LogP contribution in [0.15, 0.2) is 18.2 Å². The number of hydrogen-bond donors (Lipinski definition) is 1. The Labute approximate surface area is 113 Å². The highest BCUT2D eigenvalue weighted by Crippen LogP contribution is 2.25. The summed E-state index contributed by atoms with van der Waals surface area (Å²) < 4.78 is 0. The third kappa shape index (κ3) is 2.95. The van der Waals surface area contributed by atoms with Gasteiger partial charge in [-0.3, -0.25) is 4.79 Å². The van der Waals surface area contributed by atoms with Crippen LogP contribution >= 0.6 is 0 Å². The van der Waals surface area contributed by atoms with E-state index in [2.05, 4.69) is 13.8 Å². The molecule has 0 bridgehead atoms. The van der Waals surface area contributed by atoms with E-state index in [9.17, 15) is 9.59 Å². The van der Waals surface area contributed by atoms with Gasteiger partial charge in [-0.25, -0.2) is 4.79 Å². The van der Waals surface area contributed by atoms with E-state index < -0.39 is 5.97 Å². The van der Waals surface area contributed by atoms with Crippen molar-refractivity contribution in [2.75, 3.05) is 0 Å². The number of carbonyl (C=O) groups excluding carboxylic acids is 1. The Kier molecular flexibility index (Phi) is 3.88. The fraction of sp³-hybridized carbons (Fsp3) is 0.467. The molecule has 0 saturated carbocycles. The molecule has 0 spiro atoms. The summed E-state index contributed by atoms with van der Waals surface area (Å²) in [5.74, 6) is -0.375. The maximum Gasteiger partial charge on any atom is 0.335 e. The topological polar surface area (TPSA) is 57.6 Å². The lowest BCUT2D eigenvalue weighted by molar-refractivity contribution is -0.132. The molecule has 1 aromatic carbocycles. The molecule has 1 heterocycles. The van der Waals surface area contributed by atoms with Crippen LogP contribution in [0.3, 0.4) is 0 Å². The molecule has 0 saturated heterocycles. The van der Waals surface area contributed by atoms with Gasteiger partial charge in [0.05, 0.1) is 5.56 Å². The molecule has 1 aliphatic heterocycles. The van der Waals surface area contributed by atoms with E-state index >= 15 is 0 Å². The van der Waals surface area contributed by atoms with Gasteiger partial charge in [-0.15, -0.1) is 0 Å². The molecule has 0 fully saturated rings. The molecule has 1 N–H and O–H groups in total. The molecule has 1 atom stereocenters. The van der Waals surface area contributed by atoms with Gasteiger partial charge in [0.15, 0.2) is 0 Å². The molecular weight excluding hydrogens is 242 g/mol. The van der Waals surface area contributed by atoms with E-state index in [0.29, 0.717) is 25.4 Å². The summed E-state index contributed by atoms with van der Waals surface area (Å²) in [6.45, 7) is 5.29. The highest BCUT2D eigenvalue weighted by atomic mass is 16.4. The Morgan fingerprint density at radius 3 is 2.63 bits per heavy atom. The van der Waals surface area contributed by atoms with Crippen molar-refractivity contribution in [3.63, 3.8) is 0 Å². The first-order valence-electron chi connectivity index (χ1n) is 6.64. The molecular formula is C15H19NO3. The number of benzene rings is 1. The Morgan fingerprint density at radius 1 is 1.32 bits per heavy atom. The van der Waals surface area contributed by atoms with Crippen LogP contribution < -0.4 is 0 Å². The van der Waals surface area contributed by atoms with Gasteiger partial charge in [0.2, 0.25) is 5.91 Å². The number of carboxylic acid groups (broad SMARTS) is 1. The van der Waals surface area contributed by atoms with Crippen LogP contribution in [-0.2, 0) is 17.9 Å². The van der Waals surface area contributed by atoms with Gasteiger partial charge in [0.1, 0.15) is 0 Å². The summed E-state index contributed by atoms with van der Waals surface area (Å²) in [4.78, 5) is 24.8. The first-order chi connectivity index (χ1) is 9.01. The van der Waals surface area contributed by atoms with Crippen molar-refractivity contribution >= 4 is 11.9 Å². The number of carbonyl (C=O) groups is 2. The summed E-state index contributed by atoms with van der Waals surface area (Å²) >= 11 is 0. The first-order valence-corrected chi connectivity index (χ1v) is 6.64. The lowest BCUT2D eigenvalue weighted by Crippen LogP contribution is -2.26. The van der Waals surface area contributed by atoms with Crippen molar-refractivity contribution in [3.8, 4) is 0 Å². The van der Waals surface area contributed by atoms with E-state index in [1.165, 1.54) is 0 Å². The highest BCUT2D eigenvalue weighted by Gasteiger charge is 2.24. The molecule has 1 aliphatic rings. The van der Waals surface area contributed by atoms with Crippen LogP contribution in [0.4, 0.5) is 0 Å². The number of aromatic carboxylic acids is 1. The Bertz CT molecular complexity index is 510. The average Bonchev–Trinajstić information content (AvgIpc) is 2.81. The Morgan fingerprint density at radius 2 is 2.00 bits per heavy atom. The second-order valence-electron chi connectivity index (χ2n) is 5.26. The van der Waals surface area contributed by atoms with Crippen molar-refractivity contribution in [2.45, 2.75) is 39.8 Å². The van der Waals surface area contributed by atoms with Gasteiger partial charge >= 0.3 is 5.97 Å². The summed E-state index contributed by atoms with van der Waals surface area (Å²) in [5, 5.41) is 8.96. The minimum atomic E-state index is -0.924. The lowest BCUT2D eigenvalue weighted by Gasteiger charge is -2.17. The van der Waals surface area contributed by atoms with Crippen molar-refractivity contribution in [2.24, 2.45) is 5.92 Å². The Balaban J connectivity index is 2.07. The van der Waals surface area contributed by atoms with Crippen LogP contribution in [0.25, 0.3) is 0 Å². The van der Waals surface area contributed by atoms with E-state index in [1.807, 2.05) is 11.0 Å². The molecule has 2 rings (SSSR count). The van der Waals surface area contributed by atoms with Gasteiger partial charge in [-0.2, -0.15) is 0 Å². The molecule has 4 nitrogen and oxygen atoms in total. The van der Waals surface area contributed by atoms with Gasteiger partial charge in [0.25, 0.3) is 0 Å². The van der Waals surface area contributed by atoms with Crippen LogP contribution in [0.5, 0.6) is 0 Å². The summed E-state index contributed by atoms with van der Waals surface area (Å²) in [7, 11) is 0. The van der Waals surface area contributed by atoms with E-state index in [0.717, 1.165) is 17.5 Å². The fourth-order valence-corrected chi connectivity index (χ4v) is 2.28. The third-order valence-corrected chi connectivity index (χ3v) is 3.75. The second kappa shape index (κ2) is 5.43. The average molecular weight is 261 g/mol. The largest absolute Gasteiger partial charge is 0.478 e. The van der Waals surface area contributed by atoms with E-state index in [4.69, 9.17) is 5.11 Å². The molecule has 4 heteroatoms. The maximum absolute atomic E-state index is 12.1. The molecule has 1 amide bonds. The monoisotopic (exact) mass is 261 g/mol. The van der Waals surface area contributed by atoms with Crippen LogP contribution in [0, 0.1) is 5.92 Å². The SMILES string of the molecule is CCC(C)CC(=O)N1Cc2ccc(C(=O)O)cc2C1. The van der Waals surface area contributed by atoms with Crippen LogP contribution in [0.1, 0.15) is 48.2 Å². The van der Waals surface area contributed by atoms with Gasteiger partial charge < -0.3 is 10.0 Å². The van der Waals surface area contributed by atoms with Crippen LogP contribution in [-0.4, -0.2) is 21.9 Å². The summed E-state index contributed by atoms with van der Waals surface area (Å²) in [6.07, 6.45) is 1.56. The normalized spacial score (nSPS) is 15.2. The molecule has 1 aromatic rings. The number of carboxylic acids is 1. The number of fused-ring (bicyclic) bond motifs is 1. The van der Waals surface area contributed by atoms with Crippen molar-refractivity contribution in [1.82, 2.24) is 4.90 Å². The van der Waals surface area contributed by atoms with Gasteiger partial charge in [-0.1, -0.05) is 26.3 Å². The number of amides is 1. The van der Waals surface area contributed by atoms with Gasteiger partial charge in [-0.05, 0) is 29.2 Å². The molecule has 19 heavy (non-hydrogen) atoms. The fourth-order valence-electron chi connectivity index (χ4n) is 2.28. The maximum atomic E-state index is 12.1. The predicted molar refractivity (Wildman–Crippen MR) is 71.7 cm³/mol. The highest BCUT2D eigenvalue weighted by molar-refractivity contribution is 5.88. The molecule has 102 valence electrons. The van der Waals surface area contributed by atoms with Crippen LogP contribution in [0.2, 0.25) is 0 Å². The van der Waals surface area contributed by atoms with E-state index in [1.54, 1.807) is 12.1 Å². The Hall–Kier alpha value is -1.84. The quantitative estimate of drug-likeness (QED) is 0.906. The minimum absolute atomic E-state index is 0.155. The zero-order valence-corrected chi connectivity index (χ0v) is 11.3. The van der Waals surface area contributed by atoms with Gasteiger partial charge in [0, 0.05) is 19.5 Å². The number of rotatable bonds is 4. The van der Waals surface area contributed by atoms with Crippen molar-refractivity contribution in [3.05, 3.63) is 34.9 Å². The molecule has 0 aliphatic carbocycles. The molecule has 0 aromatic heterocycles. The predicted octanol–water partition coefficient (Wildman–Crippen LogP) is 2.66. The zero-order valence-electron chi connectivity index (χ0n) is 11.3. The zero-order chi connectivity index (χ0) is 14.0. The first kappa shape index (κ1) is 13.6. The summed E-state index contributed by atoms with van der Waals surface area (Å²) in [5.41, 5.74) is 2.30. The minimum Gasteiger partial charge on any atom is -0.478 e. The third-order valence-electron chi connectivity index (χ3n) is 3.75. The van der Waals surface area contributed by atoms with Crippen molar-refractivity contribution in [1.29, 1.82) is 0 Å². The van der Waals surface area contributed by atoms with E-state index in [-0.39, 0.29) is 11.5 Å². The molecule has 0 radical (unpaired) electrons. The lowest BCUT2D eigenvalue weighted by atomic mass is 10.0. The standard InChI is InChI=1S/C15H19NO3/c1-3-10(2)6-14(17)16-8-12-5-4-11(15(18)19)7-13(12)9-16/h4-5,7,10H,3,6,8-9H2,1-2H3,(H,18,19). The summed E-state index contributed by atoms with van der Waals surface area (Å²) in [6, 6.07) is 5.09.